The van der Waals surface area contributed by atoms with Gasteiger partial charge in [0.15, 0.2) is 0 Å². The lowest BCUT2D eigenvalue weighted by Gasteiger charge is -2.39. The van der Waals surface area contributed by atoms with E-state index in [0.717, 1.165) is 56.6 Å². The Morgan fingerprint density at radius 2 is 1.79 bits per heavy atom. The average Bonchev–Trinajstić information content (AvgIpc) is 3.04. The molecule has 6 nitrogen and oxygen atoms in total. The molecule has 0 saturated carbocycles. The van der Waals surface area contributed by atoms with Crippen LogP contribution in [0.2, 0.25) is 0 Å². The van der Waals surface area contributed by atoms with Gasteiger partial charge in [-0.2, -0.15) is 5.26 Å². The SMILES string of the molecule is CCCCCN1C(=O)/C(=C/c2c(C)c(C#N)c(=O)n(CCC)c2N2CC(C)CC(C)C2)SC1=S. The van der Waals surface area contributed by atoms with Crippen molar-refractivity contribution in [3.63, 3.8) is 0 Å². The number of carbonyl (C=O) groups is 1. The number of hydrogen-bond acceptors (Lipinski definition) is 6. The van der Waals surface area contributed by atoms with E-state index in [1.165, 1.54) is 11.8 Å². The fraction of sp³-hybridized carbons (Fsp3) is 0.615. The van der Waals surface area contributed by atoms with Gasteiger partial charge in [0, 0.05) is 31.7 Å². The van der Waals surface area contributed by atoms with Crippen molar-refractivity contribution in [1.29, 1.82) is 5.26 Å². The molecule has 2 aliphatic heterocycles. The summed E-state index contributed by atoms with van der Waals surface area (Å²) in [6.45, 7) is 13.3. The van der Waals surface area contributed by atoms with Gasteiger partial charge in [0.05, 0.1) is 4.91 Å². The summed E-state index contributed by atoms with van der Waals surface area (Å²) in [7, 11) is 0. The number of thioether (sulfide) groups is 1. The molecule has 0 aliphatic carbocycles. The van der Waals surface area contributed by atoms with Crippen LogP contribution in [0.15, 0.2) is 9.70 Å². The fourth-order valence-corrected chi connectivity index (χ4v) is 6.39. The summed E-state index contributed by atoms with van der Waals surface area (Å²) < 4.78 is 2.33. The molecular weight excluding hydrogens is 464 g/mol. The molecule has 2 saturated heterocycles. The lowest BCUT2D eigenvalue weighted by Crippen LogP contribution is -2.43. The highest BCUT2D eigenvalue weighted by Gasteiger charge is 2.33. The number of rotatable bonds is 8. The van der Waals surface area contributed by atoms with Crippen LogP contribution >= 0.6 is 24.0 Å². The first-order valence-electron chi connectivity index (χ1n) is 12.4. The summed E-state index contributed by atoms with van der Waals surface area (Å²) >= 11 is 6.85. The molecule has 2 aliphatic rings. The molecule has 0 aromatic carbocycles. The van der Waals surface area contributed by atoms with Crippen LogP contribution in [0.25, 0.3) is 6.08 Å². The minimum atomic E-state index is -0.244. The van der Waals surface area contributed by atoms with Crippen molar-refractivity contribution >= 4 is 46.1 Å². The molecule has 0 radical (unpaired) electrons. The summed E-state index contributed by atoms with van der Waals surface area (Å²) in [6, 6.07) is 2.13. The normalized spacial score (nSPS) is 22.1. The van der Waals surface area contributed by atoms with Crippen molar-refractivity contribution in [2.75, 3.05) is 24.5 Å². The second-order valence-electron chi connectivity index (χ2n) is 9.70. The molecule has 0 N–H and O–H groups in total. The van der Waals surface area contributed by atoms with Gasteiger partial charge in [0.2, 0.25) is 0 Å². The Morgan fingerprint density at radius 1 is 1.12 bits per heavy atom. The van der Waals surface area contributed by atoms with E-state index in [1.54, 1.807) is 9.47 Å². The number of piperidine rings is 1. The fourth-order valence-electron chi connectivity index (χ4n) is 5.10. The average molecular weight is 501 g/mol. The van der Waals surface area contributed by atoms with E-state index in [2.05, 4.69) is 31.7 Å². The van der Waals surface area contributed by atoms with Crippen LogP contribution in [0.4, 0.5) is 5.82 Å². The first-order chi connectivity index (χ1) is 16.2. The molecular formula is C26H36N4O2S2. The third-order valence-corrected chi connectivity index (χ3v) is 7.97. The van der Waals surface area contributed by atoms with E-state index >= 15 is 0 Å². The number of aromatic nitrogens is 1. The summed E-state index contributed by atoms with van der Waals surface area (Å²) in [5, 5.41) is 9.82. The molecule has 3 heterocycles. The number of thiocarbonyl (C=S) groups is 1. The Hall–Kier alpha value is -2.11. The van der Waals surface area contributed by atoms with E-state index in [9.17, 15) is 14.9 Å². The molecule has 184 valence electrons. The third-order valence-electron chi connectivity index (χ3n) is 6.60. The Labute approximate surface area is 213 Å². The molecule has 0 bridgehead atoms. The number of unbranched alkanes of at least 4 members (excludes halogenated alkanes) is 2. The van der Waals surface area contributed by atoms with Crippen molar-refractivity contribution in [3.05, 3.63) is 31.9 Å². The van der Waals surface area contributed by atoms with Crippen LogP contribution in [0.5, 0.6) is 0 Å². The zero-order valence-electron chi connectivity index (χ0n) is 21.0. The molecule has 1 amide bonds. The summed E-state index contributed by atoms with van der Waals surface area (Å²) in [4.78, 5) is 31.1. The second-order valence-corrected chi connectivity index (χ2v) is 11.4. The molecule has 1 aromatic heterocycles. The molecule has 2 fully saturated rings. The minimum Gasteiger partial charge on any atom is -0.357 e. The van der Waals surface area contributed by atoms with Gasteiger partial charge < -0.3 is 4.90 Å². The quantitative estimate of drug-likeness (QED) is 0.274. The van der Waals surface area contributed by atoms with Crippen molar-refractivity contribution in [2.24, 2.45) is 11.8 Å². The Kier molecular flexibility index (Phi) is 9.00. The Morgan fingerprint density at radius 3 is 2.38 bits per heavy atom. The maximum atomic E-state index is 13.3. The summed E-state index contributed by atoms with van der Waals surface area (Å²) in [6.07, 6.45) is 6.85. The number of hydrogen-bond donors (Lipinski definition) is 0. The van der Waals surface area contributed by atoms with E-state index in [0.29, 0.717) is 39.7 Å². The molecule has 1 aromatic rings. The minimum absolute atomic E-state index is 0.0800. The van der Waals surface area contributed by atoms with E-state index in [1.807, 2.05) is 19.9 Å². The number of pyridine rings is 1. The van der Waals surface area contributed by atoms with Crippen LogP contribution in [0.1, 0.15) is 76.5 Å². The second kappa shape index (κ2) is 11.5. The van der Waals surface area contributed by atoms with Gasteiger partial charge >= 0.3 is 0 Å². The number of nitrogens with zero attached hydrogens (tertiary/aromatic N) is 4. The van der Waals surface area contributed by atoms with E-state index in [-0.39, 0.29) is 17.0 Å². The van der Waals surface area contributed by atoms with Crippen LogP contribution in [0, 0.1) is 30.1 Å². The Bertz CT molecular complexity index is 1080. The molecule has 8 heteroatoms. The van der Waals surface area contributed by atoms with Gasteiger partial charge in [-0.25, -0.2) is 0 Å². The Balaban J connectivity index is 2.17. The number of anilines is 1. The van der Waals surface area contributed by atoms with Crippen molar-refractivity contribution in [2.45, 2.75) is 73.3 Å². The predicted molar refractivity (Wildman–Crippen MR) is 145 cm³/mol. The van der Waals surface area contributed by atoms with Crippen LogP contribution in [-0.4, -0.2) is 39.3 Å². The van der Waals surface area contributed by atoms with Gasteiger partial charge in [-0.15, -0.1) is 0 Å². The van der Waals surface area contributed by atoms with E-state index < -0.39 is 0 Å². The van der Waals surface area contributed by atoms with Crippen LogP contribution in [0.3, 0.4) is 0 Å². The number of amides is 1. The standard InChI is InChI=1S/C26H36N4O2S2/c1-6-8-9-11-30-25(32)22(34-26(30)33)13-20-19(5)21(14-27)24(31)29(10-7-2)23(20)28-15-17(3)12-18(4)16-28/h13,17-18H,6-12,15-16H2,1-5H3/b22-13-. The third kappa shape index (κ3) is 5.41. The van der Waals surface area contributed by atoms with E-state index in [4.69, 9.17) is 12.2 Å². The molecule has 3 rings (SSSR count). The van der Waals surface area contributed by atoms with Gasteiger partial charge in [-0.3, -0.25) is 19.1 Å². The molecule has 0 spiro atoms. The van der Waals surface area contributed by atoms with Gasteiger partial charge in [0.1, 0.15) is 21.8 Å². The predicted octanol–water partition coefficient (Wildman–Crippen LogP) is 5.31. The molecule has 34 heavy (non-hydrogen) atoms. The lowest BCUT2D eigenvalue weighted by molar-refractivity contribution is -0.122. The van der Waals surface area contributed by atoms with Crippen LogP contribution < -0.4 is 10.5 Å². The summed E-state index contributed by atoms with van der Waals surface area (Å²) in [5.41, 5.74) is 1.34. The highest BCUT2D eigenvalue weighted by atomic mass is 32.2. The van der Waals surface area contributed by atoms with Gasteiger partial charge in [0.25, 0.3) is 11.5 Å². The van der Waals surface area contributed by atoms with Crippen molar-refractivity contribution in [1.82, 2.24) is 9.47 Å². The number of nitriles is 1. The van der Waals surface area contributed by atoms with Gasteiger partial charge in [-0.05, 0) is 49.7 Å². The maximum Gasteiger partial charge on any atom is 0.270 e. The number of carbonyl (C=O) groups excluding carboxylic acids is 1. The molecule has 2 unspecified atom stereocenters. The topological polar surface area (TPSA) is 69.3 Å². The zero-order chi connectivity index (χ0) is 25.0. The first kappa shape index (κ1) is 26.5. The monoisotopic (exact) mass is 500 g/mol. The van der Waals surface area contributed by atoms with Gasteiger partial charge in [-0.1, -0.05) is 64.5 Å². The maximum absolute atomic E-state index is 13.3. The molecule has 2 atom stereocenters. The smallest absolute Gasteiger partial charge is 0.270 e. The largest absolute Gasteiger partial charge is 0.357 e. The van der Waals surface area contributed by atoms with Crippen molar-refractivity contribution < 1.29 is 4.79 Å². The summed E-state index contributed by atoms with van der Waals surface area (Å²) in [5.74, 6) is 1.74. The first-order valence-corrected chi connectivity index (χ1v) is 13.6. The lowest BCUT2D eigenvalue weighted by atomic mass is 9.91. The zero-order valence-corrected chi connectivity index (χ0v) is 22.7. The highest BCUT2D eigenvalue weighted by molar-refractivity contribution is 8.26. The van der Waals surface area contributed by atoms with Crippen molar-refractivity contribution in [3.8, 4) is 6.07 Å². The highest BCUT2D eigenvalue weighted by Crippen LogP contribution is 2.37. The van der Waals surface area contributed by atoms with Crippen LogP contribution in [-0.2, 0) is 11.3 Å².